The lowest BCUT2D eigenvalue weighted by molar-refractivity contribution is -0.143. The van der Waals surface area contributed by atoms with Gasteiger partial charge in [-0.25, -0.2) is 0 Å². The molecule has 1 amide bonds. The van der Waals surface area contributed by atoms with Gasteiger partial charge in [0.1, 0.15) is 0 Å². The summed E-state index contributed by atoms with van der Waals surface area (Å²) in [5, 5.41) is 22.8. The van der Waals surface area contributed by atoms with E-state index in [0.29, 0.717) is 19.4 Å². The van der Waals surface area contributed by atoms with Crippen LogP contribution < -0.4 is 5.32 Å². The number of amides is 1. The number of unbranched alkanes of at least 4 members (excludes halogenated alkanes) is 22. The van der Waals surface area contributed by atoms with E-state index in [1.807, 2.05) is 6.08 Å². The highest BCUT2D eigenvalue weighted by molar-refractivity contribution is 5.76. The Balaban J connectivity index is 3.57. The number of hydrogen-bond acceptors (Lipinski definition) is 5. The molecular formula is C46H83NO5. The smallest absolute Gasteiger partial charge is 0.305 e. The number of aliphatic hydroxyl groups is 2. The van der Waals surface area contributed by atoms with Crippen LogP contribution in [-0.2, 0) is 14.3 Å². The van der Waals surface area contributed by atoms with E-state index in [9.17, 15) is 19.8 Å². The van der Waals surface area contributed by atoms with E-state index in [2.05, 4.69) is 55.6 Å². The summed E-state index contributed by atoms with van der Waals surface area (Å²) in [6.07, 6.45) is 49.5. The van der Waals surface area contributed by atoms with Crippen LogP contribution in [-0.4, -0.2) is 47.4 Å². The molecule has 0 aliphatic carbocycles. The molecule has 6 nitrogen and oxygen atoms in total. The second-order valence-electron chi connectivity index (χ2n) is 14.7. The molecular weight excluding hydrogens is 647 g/mol. The van der Waals surface area contributed by atoms with Crippen molar-refractivity contribution in [3.05, 3.63) is 48.6 Å². The molecule has 0 aliphatic heterocycles. The lowest BCUT2D eigenvalue weighted by atomic mass is 10.1. The molecule has 2 atom stereocenters. The predicted molar refractivity (Wildman–Crippen MR) is 222 cm³/mol. The van der Waals surface area contributed by atoms with E-state index in [1.165, 1.54) is 83.5 Å². The average Bonchev–Trinajstić information content (AvgIpc) is 3.14. The summed E-state index contributed by atoms with van der Waals surface area (Å²) in [7, 11) is 0. The molecule has 0 saturated heterocycles. The van der Waals surface area contributed by atoms with Gasteiger partial charge in [-0.1, -0.05) is 152 Å². The zero-order chi connectivity index (χ0) is 38.0. The number of carbonyl (C=O) groups is 2. The van der Waals surface area contributed by atoms with Crippen molar-refractivity contribution >= 4 is 11.9 Å². The fraction of sp³-hybridized carbons (Fsp3) is 0.783. The molecule has 0 bridgehead atoms. The van der Waals surface area contributed by atoms with Crippen LogP contribution in [0.2, 0.25) is 0 Å². The lowest BCUT2D eigenvalue weighted by Gasteiger charge is -2.20. The minimum Gasteiger partial charge on any atom is -0.466 e. The van der Waals surface area contributed by atoms with Crippen LogP contribution >= 0.6 is 0 Å². The summed E-state index contributed by atoms with van der Waals surface area (Å²) in [6, 6.07) is -0.648. The average molecular weight is 730 g/mol. The number of carbonyl (C=O) groups excluding carboxylic acids is 2. The first kappa shape index (κ1) is 49.8. The molecule has 0 fully saturated rings. The summed E-state index contributed by atoms with van der Waals surface area (Å²) in [5.41, 5.74) is 0. The molecule has 0 radical (unpaired) electrons. The minimum absolute atomic E-state index is 0.0491. The van der Waals surface area contributed by atoms with Crippen molar-refractivity contribution < 1.29 is 24.5 Å². The molecule has 3 N–H and O–H groups in total. The fourth-order valence-corrected chi connectivity index (χ4v) is 6.12. The molecule has 6 heteroatoms. The van der Waals surface area contributed by atoms with E-state index in [-0.39, 0.29) is 18.5 Å². The van der Waals surface area contributed by atoms with Crippen LogP contribution in [0.3, 0.4) is 0 Å². The highest BCUT2D eigenvalue weighted by atomic mass is 16.5. The third-order valence-corrected chi connectivity index (χ3v) is 9.56. The molecule has 0 heterocycles. The van der Waals surface area contributed by atoms with Gasteiger partial charge in [0.2, 0.25) is 5.91 Å². The Morgan fingerprint density at radius 1 is 0.538 bits per heavy atom. The van der Waals surface area contributed by atoms with Crippen molar-refractivity contribution in [1.82, 2.24) is 5.32 Å². The zero-order valence-corrected chi connectivity index (χ0v) is 34.0. The van der Waals surface area contributed by atoms with Gasteiger partial charge < -0.3 is 20.3 Å². The Morgan fingerprint density at radius 3 is 1.52 bits per heavy atom. The highest BCUT2D eigenvalue weighted by Gasteiger charge is 2.17. The molecule has 52 heavy (non-hydrogen) atoms. The van der Waals surface area contributed by atoms with E-state index in [1.54, 1.807) is 6.08 Å². The third kappa shape index (κ3) is 37.6. The Bertz CT molecular complexity index is 895. The van der Waals surface area contributed by atoms with E-state index in [0.717, 1.165) is 96.3 Å². The molecule has 0 saturated carbocycles. The zero-order valence-electron chi connectivity index (χ0n) is 34.0. The largest absolute Gasteiger partial charge is 0.466 e. The van der Waals surface area contributed by atoms with Gasteiger partial charge in [-0.15, -0.1) is 0 Å². The molecule has 302 valence electrons. The van der Waals surface area contributed by atoms with Crippen molar-refractivity contribution in [2.45, 2.75) is 219 Å². The van der Waals surface area contributed by atoms with Crippen LogP contribution in [0.15, 0.2) is 48.6 Å². The Morgan fingerprint density at radius 2 is 0.962 bits per heavy atom. The molecule has 0 spiro atoms. The molecule has 0 rings (SSSR count). The summed E-state index contributed by atoms with van der Waals surface area (Å²) >= 11 is 0. The monoisotopic (exact) mass is 730 g/mol. The summed E-state index contributed by atoms with van der Waals surface area (Å²) in [6.45, 7) is 4.73. The van der Waals surface area contributed by atoms with E-state index >= 15 is 0 Å². The van der Waals surface area contributed by atoms with Crippen molar-refractivity contribution in [3.63, 3.8) is 0 Å². The first-order chi connectivity index (χ1) is 25.5. The molecule has 0 aromatic heterocycles. The SMILES string of the molecule is CCCCC/C=C\C/C=C\CCCCCCCC(=O)OCCCC/C=C\CCCCCCCC(=O)NC(CO)C(O)/C=C/CCCCCCCCC. The topological polar surface area (TPSA) is 95.9 Å². The van der Waals surface area contributed by atoms with Gasteiger partial charge in [0.25, 0.3) is 0 Å². The predicted octanol–water partition coefficient (Wildman–Crippen LogP) is 12.3. The first-order valence-corrected chi connectivity index (χ1v) is 21.9. The quantitative estimate of drug-likeness (QED) is 0.0332. The molecule has 0 aliphatic rings. The van der Waals surface area contributed by atoms with Gasteiger partial charge >= 0.3 is 5.97 Å². The number of rotatable bonds is 39. The summed E-state index contributed by atoms with van der Waals surface area (Å²) in [4.78, 5) is 24.3. The number of esters is 1. The maximum atomic E-state index is 12.3. The maximum absolute atomic E-state index is 12.3. The van der Waals surface area contributed by atoms with E-state index < -0.39 is 12.1 Å². The standard InChI is InChI=1S/C46H83NO5/c1-3-5-7-9-11-13-14-15-16-17-20-24-28-32-36-40-46(51)52-41-37-33-29-25-21-18-19-23-27-31-35-39-45(50)47-43(42-48)44(49)38-34-30-26-22-12-10-8-6-4-2/h11,13,15-16,21,25,34,38,43-44,48-49H,3-10,12,14,17-20,22-24,26-33,35-37,39-42H2,1-2H3,(H,47,50)/b13-11-,16-15-,25-21-,38-34+. The molecule has 0 aromatic carbocycles. The van der Waals surface area contributed by atoms with Crippen molar-refractivity contribution in [2.24, 2.45) is 0 Å². The Hall–Kier alpha value is -2.18. The number of ether oxygens (including phenoxy) is 1. The first-order valence-electron chi connectivity index (χ1n) is 21.9. The maximum Gasteiger partial charge on any atom is 0.305 e. The van der Waals surface area contributed by atoms with Gasteiger partial charge in [0.15, 0.2) is 0 Å². The van der Waals surface area contributed by atoms with Crippen molar-refractivity contribution in [2.75, 3.05) is 13.2 Å². The normalized spacial score (nSPS) is 13.2. The van der Waals surface area contributed by atoms with Crippen LogP contribution in [0.1, 0.15) is 206 Å². The second kappa shape index (κ2) is 41.6. The van der Waals surface area contributed by atoms with E-state index in [4.69, 9.17) is 4.74 Å². The van der Waals surface area contributed by atoms with Gasteiger partial charge in [0, 0.05) is 12.8 Å². The summed E-state index contributed by atoms with van der Waals surface area (Å²) < 4.78 is 5.41. The number of allylic oxidation sites excluding steroid dienone is 7. The Kier molecular flexibility index (Phi) is 39.8. The number of nitrogens with one attached hydrogen (secondary N) is 1. The fourth-order valence-electron chi connectivity index (χ4n) is 6.12. The van der Waals surface area contributed by atoms with Crippen LogP contribution in [0.25, 0.3) is 0 Å². The van der Waals surface area contributed by atoms with Crippen LogP contribution in [0.5, 0.6) is 0 Å². The molecule has 0 aromatic rings. The van der Waals surface area contributed by atoms with Crippen LogP contribution in [0.4, 0.5) is 0 Å². The summed E-state index contributed by atoms with van der Waals surface area (Å²) in [5.74, 6) is -0.153. The van der Waals surface area contributed by atoms with Gasteiger partial charge in [-0.2, -0.15) is 0 Å². The van der Waals surface area contributed by atoms with Gasteiger partial charge in [-0.05, 0) is 89.9 Å². The minimum atomic E-state index is -0.861. The highest BCUT2D eigenvalue weighted by Crippen LogP contribution is 2.12. The van der Waals surface area contributed by atoms with Crippen molar-refractivity contribution in [1.29, 1.82) is 0 Å². The number of hydrogen-bond donors (Lipinski definition) is 3. The third-order valence-electron chi connectivity index (χ3n) is 9.56. The van der Waals surface area contributed by atoms with Crippen molar-refractivity contribution in [3.8, 4) is 0 Å². The second-order valence-corrected chi connectivity index (χ2v) is 14.7. The van der Waals surface area contributed by atoms with Gasteiger partial charge in [-0.3, -0.25) is 9.59 Å². The van der Waals surface area contributed by atoms with Gasteiger partial charge in [0.05, 0.1) is 25.4 Å². The lowest BCUT2D eigenvalue weighted by Crippen LogP contribution is -2.45. The Labute approximate surface area is 321 Å². The van der Waals surface area contributed by atoms with Crippen LogP contribution in [0, 0.1) is 0 Å². The molecule has 2 unspecified atom stereocenters. The number of aliphatic hydroxyl groups excluding tert-OH is 2.